The van der Waals surface area contributed by atoms with Gasteiger partial charge in [-0.3, -0.25) is 4.79 Å². The highest BCUT2D eigenvalue weighted by atomic mass is 35.5. The molecule has 0 aliphatic heterocycles. The largest absolute Gasteiger partial charge is 0.322 e. The minimum absolute atomic E-state index is 0.0430. The van der Waals surface area contributed by atoms with Gasteiger partial charge in [-0.1, -0.05) is 11.6 Å². The Bertz CT molecular complexity index is 715. The molecule has 0 spiro atoms. The zero-order valence-electron chi connectivity index (χ0n) is 13.9. The van der Waals surface area contributed by atoms with E-state index in [0.29, 0.717) is 23.1 Å². The number of amides is 3. The van der Waals surface area contributed by atoms with Gasteiger partial charge in [0.15, 0.2) is 0 Å². The number of hydrogen-bond acceptors (Lipinski definition) is 3. The van der Waals surface area contributed by atoms with E-state index in [1.165, 1.54) is 18.3 Å². The Morgan fingerprint density at radius 3 is 2.33 bits per heavy atom. The van der Waals surface area contributed by atoms with Gasteiger partial charge in [-0.25, -0.2) is 4.79 Å². The minimum Gasteiger partial charge on any atom is -0.320 e. The first-order valence-corrected chi connectivity index (χ1v) is 8.74. The molecule has 0 saturated carbocycles. The first kappa shape index (κ1) is 18.3. The molecule has 0 atom stereocenters. The Hall–Kier alpha value is -2.05. The maximum absolute atomic E-state index is 12.4. The zero-order valence-corrected chi connectivity index (χ0v) is 15.4. The van der Waals surface area contributed by atoms with E-state index in [0.717, 1.165) is 10.6 Å². The van der Waals surface area contributed by atoms with Crippen molar-refractivity contribution in [3.05, 3.63) is 45.6 Å². The van der Waals surface area contributed by atoms with Crippen molar-refractivity contribution in [2.24, 2.45) is 0 Å². The summed E-state index contributed by atoms with van der Waals surface area (Å²) in [6, 6.07) is 10.7. The first-order chi connectivity index (χ1) is 11.4. The van der Waals surface area contributed by atoms with E-state index in [9.17, 15) is 9.59 Å². The average molecular weight is 366 g/mol. The summed E-state index contributed by atoms with van der Waals surface area (Å²) in [5.74, 6) is -0.0430. The third kappa shape index (κ3) is 4.72. The van der Waals surface area contributed by atoms with Gasteiger partial charge in [-0.05, 0) is 43.3 Å². The molecule has 0 saturated heterocycles. The third-order valence-electron chi connectivity index (χ3n) is 3.62. The molecule has 7 heteroatoms. The van der Waals surface area contributed by atoms with Crippen LogP contribution in [0.2, 0.25) is 4.34 Å². The van der Waals surface area contributed by atoms with Crippen LogP contribution in [-0.4, -0.2) is 30.4 Å². The standard InChI is InChI=1S/C17H20ClN3O2S/c1-4-21(11-15-9-10-16(18)24-15)17(23)19-13-5-7-14(8-6-13)20(3)12(2)22/h5-10H,4,11H2,1-3H3,(H,19,23). The molecule has 2 aromatic rings. The molecule has 0 fully saturated rings. The lowest BCUT2D eigenvalue weighted by Crippen LogP contribution is -2.34. The fraction of sp³-hybridized carbons (Fsp3) is 0.294. The van der Waals surface area contributed by atoms with E-state index >= 15 is 0 Å². The number of carbonyl (C=O) groups excluding carboxylic acids is 2. The van der Waals surface area contributed by atoms with Gasteiger partial charge in [0, 0.05) is 36.8 Å². The van der Waals surface area contributed by atoms with Crippen molar-refractivity contribution in [3.8, 4) is 0 Å². The van der Waals surface area contributed by atoms with E-state index in [1.807, 2.05) is 19.1 Å². The average Bonchev–Trinajstić information content (AvgIpc) is 2.97. The van der Waals surface area contributed by atoms with Crippen molar-refractivity contribution in [1.82, 2.24) is 4.90 Å². The van der Waals surface area contributed by atoms with Crippen LogP contribution in [-0.2, 0) is 11.3 Å². The number of benzene rings is 1. The number of rotatable bonds is 5. The summed E-state index contributed by atoms with van der Waals surface area (Å²) in [6.07, 6.45) is 0. The minimum atomic E-state index is -0.172. The summed E-state index contributed by atoms with van der Waals surface area (Å²) in [6.45, 7) is 4.54. The summed E-state index contributed by atoms with van der Waals surface area (Å²) in [4.78, 5) is 28.0. The Morgan fingerprint density at radius 2 is 1.83 bits per heavy atom. The van der Waals surface area contributed by atoms with Crippen molar-refractivity contribution < 1.29 is 9.59 Å². The van der Waals surface area contributed by atoms with Gasteiger partial charge in [0.05, 0.1) is 10.9 Å². The SMILES string of the molecule is CCN(Cc1ccc(Cl)s1)C(=O)Nc1ccc(N(C)C(C)=O)cc1. The van der Waals surface area contributed by atoms with E-state index in [1.54, 1.807) is 41.1 Å². The summed E-state index contributed by atoms with van der Waals surface area (Å²) < 4.78 is 0.714. The fourth-order valence-corrected chi connectivity index (χ4v) is 3.21. The van der Waals surface area contributed by atoms with Gasteiger partial charge in [-0.15, -0.1) is 11.3 Å². The monoisotopic (exact) mass is 365 g/mol. The number of nitrogens with zero attached hydrogens (tertiary/aromatic N) is 2. The molecule has 24 heavy (non-hydrogen) atoms. The Labute approximate surface area is 150 Å². The second-order valence-corrected chi connectivity index (χ2v) is 7.07. The maximum Gasteiger partial charge on any atom is 0.322 e. The van der Waals surface area contributed by atoms with Gasteiger partial charge in [0.1, 0.15) is 0 Å². The molecular weight excluding hydrogens is 346 g/mol. The van der Waals surface area contributed by atoms with E-state index in [2.05, 4.69) is 5.32 Å². The lowest BCUT2D eigenvalue weighted by molar-refractivity contribution is -0.116. The van der Waals surface area contributed by atoms with Crippen LogP contribution in [0.25, 0.3) is 0 Å². The highest BCUT2D eigenvalue weighted by Gasteiger charge is 2.14. The Morgan fingerprint density at radius 1 is 1.17 bits per heavy atom. The van der Waals surface area contributed by atoms with Crippen molar-refractivity contribution >= 4 is 46.3 Å². The molecule has 5 nitrogen and oxygen atoms in total. The summed E-state index contributed by atoms with van der Waals surface area (Å²) in [5.41, 5.74) is 1.46. The van der Waals surface area contributed by atoms with Crippen LogP contribution in [0.15, 0.2) is 36.4 Å². The molecule has 3 amide bonds. The van der Waals surface area contributed by atoms with Gasteiger partial charge in [0.2, 0.25) is 5.91 Å². The van der Waals surface area contributed by atoms with Crippen LogP contribution < -0.4 is 10.2 Å². The van der Waals surface area contributed by atoms with Gasteiger partial charge >= 0.3 is 6.03 Å². The Balaban J connectivity index is 2.00. The summed E-state index contributed by atoms with van der Waals surface area (Å²) in [7, 11) is 1.71. The number of thiophene rings is 1. The fourth-order valence-electron chi connectivity index (χ4n) is 2.10. The number of hydrogen-bond donors (Lipinski definition) is 1. The number of halogens is 1. The molecule has 0 radical (unpaired) electrons. The van der Waals surface area contributed by atoms with Crippen LogP contribution in [0.5, 0.6) is 0 Å². The highest BCUT2D eigenvalue weighted by Crippen LogP contribution is 2.23. The molecule has 0 bridgehead atoms. The lowest BCUT2D eigenvalue weighted by Gasteiger charge is -2.21. The molecule has 1 N–H and O–H groups in total. The number of carbonyl (C=O) groups is 2. The van der Waals surface area contributed by atoms with Crippen molar-refractivity contribution in [1.29, 1.82) is 0 Å². The topological polar surface area (TPSA) is 52.7 Å². The molecule has 1 aromatic heterocycles. The van der Waals surface area contributed by atoms with Crippen LogP contribution in [0.1, 0.15) is 18.7 Å². The molecule has 128 valence electrons. The molecule has 2 rings (SSSR count). The zero-order chi connectivity index (χ0) is 17.7. The van der Waals surface area contributed by atoms with Crippen molar-refractivity contribution in [3.63, 3.8) is 0 Å². The molecule has 1 heterocycles. The number of nitrogens with one attached hydrogen (secondary N) is 1. The van der Waals surface area contributed by atoms with Crippen molar-refractivity contribution in [2.75, 3.05) is 23.8 Å². The van der Waals surface area contributed by atoms with E-state index in [4.69, 9.17) is 11.6 Å². The predicted molar refractivity (Wildman–Crippen MR) is 100.0 cm³/mol. The van der Waals surface area contributed by atoms with E-state index < -0.39 is 0 Å². The normalized spacial score (nSPS) is 10.3. The number of urea groups is 1. The third-order valence-corrected chi connectivity index (χ3v) is 4.84. The second kappa shape index (κ2) is 8.17. The first-order valence-electron chi connectivity index (χ1n) is 7.55. The quantitative estimate of drug-likeness (QED) is 0.851. The van der Waals surface area contributed by atoms with Gasteiger partial charge in [0.25, 0.3) is 0 Å². The molecule has 0 aliphatic rings. The molecule has 0 unspecified atom stereocenters. The molecular formula is C17H20ClN3O2S. The lowest BCUT2D eigenvalue weighted by atomic mass is 10.2. The molecule has 1 aromatic carbocycles. The van der Waals surface area contributed by atoms with Crippen molar-refractivity contribution in [2.45, 2.75) is 20.4 Å². The predicted octanol–water partition coefficient (Wildman–Crippen LogP) is 4.44. The maximum atomic E-state index is 12.4. The smallest absolute Gasteiger partial charge is 0.320 e. The van der Waals surface area contributed by atoms with Crippen LogP contribution in [0.3, 0.4) is 0 Å². The van der Waals surface area contributed by atoms with Crippen LogP contribution >= 0.6 is 22.9 Å². The summed E-state index contributed by atoms with van der Waals surface area (Å²) in [5, 5.41) is 2.87. The molecule has 0 aliphatic carbocycles. The van der Waals surface area contributed by atoms with Gasteiger partial charge in [-0.2, -0.15) is 0 Å². The second-order valence-electron chi connectivity index (χ2n) is 5.28. The van der Waals surface area contributed by atoms with E-state index in [-0.39, 0.29) is 11.9 Å². The van der Waals surface area contributed by atoms with Crippen LogP contribution in [0, 0.1) is 0 Å². The van der Waals surface area contributed by atoms with Crippen LogP contribution in [0.4, 0.5) is 16.2 Å². The summed E-state index contributed by atoms with van der Waals surface area (Å²) >= 11 is 7.40. The highest BCUT2D eigenvalue weighted by molar-refractivity contribution is 7.16. The van der Waals surface area contributed by atoms with Gasteiger partial charge < -0.3 is 15.1 Å². The Kier molecular flexibility index (Phi) is 6.23. The number of anilines is 2.